The Hall–Kier alpha value is -3.51. The fraction of sp³-hybridized carbons (Fsp3) is 0.190. The van der Waals surface area contributed by atoms with Crippen LogP contribution in [0.25, 0.3) is 0 Å². The summed E-state index contributed by atoms with van der Waals surface area (Å²) in [6.45, 7) is 3.32. The van der Waals surface area contributed by atoms with Crippen molar-refractivity contribution in [2.24, 2.45) is 0 Å². The molecule has 12 heteroatoms. The van der Waals surface area contributed by atoms with Gasteiger partial charge in [-0.15, -0.1) is 0 Å². The van der Waals surface area contributed by atoms with Gasteiger partial charge in [-0.2, -0.15) is 0 Å². The van der Waals surface area contributed by atoms with Crippen LogP contribution in [0.2, 0.25) is 0 Å². The normalized spacial score (nSPS) is 11.6. The van der Waals surface area contributed by atoms with Crippen LogP contribution in [0.3, 0.4) is 0 Å². The lowest BCUT2D eigenvalue weighted by atomic mass is 10.1. The monoisotopic (exact) mass is 489 g/mol. The number of nitrogens with zero attached hydrogens (tertiary/aromatic N) is 3. The van der Waals surface area contributed by atoms with Gasteiger partial charge in [-0.25, -0.2) is 31.5 Å². The van der Waals surface area contributed by atoms with E-state index in [1.54, 1.807) is 24.3 Å². The van der Waals surface area contributed by atoms with Crippen LogP contribution in [0.5, 0.6) is 0 Å². The molecule has 0 aliphatic carbocycles. The molecule has 0 radical (unpaired) electrons. The van der Waals surface area contributed by atoms with Gasteiger partial charge in [-0.1, -0.05) is 6.07 Å². The number of rotatable bonds is 8. The quantitative estimate of drug-likeness (QED) is 0.495. The maximum atomic E-state index is 12.6. The highest BCUT2D eigenvalue weighted by molar-refractivity contribution is 7.92. The summed E-state index contributed by atoms with van der Waals surface area (Å²) in [6.07, 6.45) is 3.83. The Morgan fingerprint density at radius 1 is 0.939 bits per heavy atom. The second-order valence-electron chi connectivity index (χ2n) is 7.29. The highest BCUT2D eigenvalue weighted by Gasteiger charge is 2.22. The predicted octanol–water partition coefficient (Wildman–Crippen LogP) is 2.30. The van der Waals surface area contributed by atoms with E-state index in [4.69, 9.17) is 0 Å². The van der Waals surface area contributed by atoms with Gasteiger partial charge < -0.3 is 5.32 Å². The molecule has 2 N–H and O–H groups in total. The number of benzene rings is 2. The summed E-state index contributed by atoms with van der Waals surface area (Å²) < 4.78 is 52.7. The van der Waals surface area contributed by atoms with E-state index in [1.165, 1.54) is 36.7 Å². The first-order valence-electron chi connectivity index (χ1n) is 9.70. The summed E-state index contributed by atoms with van der Waals surface area (Å²) in [6, 6.07) is 12.1. The molecule has 0 aliphatic heterocycles. The van der Waals surface area contributed by atoms with Crippen molar-refractivity contribution in [1.82, 2.24) is 9.97 Å². The van der Waals surface area contributed by atoms with Crippen LogP contribution in [0, 0.1) is 13.8 Å². The molecule has 0 saturated carbocycles. The van der Waals surface area contributed by atoms with Gasteiger partial charge in [0.2, 0.25) is 21.9 Å². The molecule has 10 nitrogen and oxygen atoms in total. The fourth-order valence-electron chi connectivity index (χ4n) is 2.86. The Kier molecular flexibility index (Phi) is 6.98. The fourth-order valence-corrected chi connectivity index (χ4v) is 4.67. The van der Waals surface area contributed by atoms with E-state index < -0.39 is 32.5 Å². The lowest BCUT2D eigenvalue weighted by Gasteiger charge is -2.22. The number of hydrogen-bond acceptors (Lipinski definition) is 7. The van der Waals surface area contributed by atoms with E-state index in [-0.39, 0.29) is 10.8 Å². The predicted molar refractivity (Wildman–Crippen MR) is 126 cm³/mol. The number of hydrogen-bond donors (Lipinski definition) is 2. The summed E-state index contributed by atoms with van der Waals surface area (Å²) in [5.41, 5.74) is 2.59. The Morgan fingerprint density at radius 2 is 1.58 bits per heavy atom. The molecular weight excluding hydrogens is 466 g/mol. The van der Waals surface area contributed by atoms with E-state index >= 15 is 0 Å². The maximum absolute atomic E-state index is 12.6. The summed E-state index contributed by atoms with van der Waals surface area (Å²) in [5.74, 6) is -0.646. The lowest BCUT2D eigenvalue weighted by Crippen LogP contribution is -2.37. The Labute approximate surface area is 192 Å². The Balaban J connectivity index is 1.72. The van der Waals surface area contributed by atoms with Crippen molar-refractivity contribution in [3.8, 4) is 0 Å². The zero-order valence-electron chi connectivity index (χ0n) is 18.2. The summed E-state index contributed by atoms with van der Waals surface area (Å²) in [5, 5.41) is 2.58. The molecule has 174 valence electrons. The van der Waals surface area contributed by atoms with Gasteiger partial charge in [0.15, 0.2) is 0 Å². The SMILES string of the molecule is Cc1ccc(N(CC(=O)Nc2ccc(S(=O)(=O)Nc3ncccn3)cc2)S(C)(=O)=O)cc1C. The molecule has 1 aromatic heterocycles. The number of aryl methyl sites for hydroxylation is 2. The van der Waals surface area contributed by atoms with Gasteiger partial charge in [0.25, 0.3) is 10.0 Å². The largest absolute Gasteiger partial charge is 0.325 e. The zero-order valence-corrected chi connectivity index (χ0v) is 19.8. The molecule has 0 fully saturated rings. The summed E-state index contributed by atoms with van der Waals surface area (Å²) in [7, 11) is -7.63. The summed E-state index contributed by atoms with van der Waals surface area (Å²) >= 11 is 0. The van der Waals surface area contributed by atoms with Crippen LogP contribution in [0.15, 0.2) is 65.8 Å². The van der Waals surface area contributed by atoms with E-state index in [0.717, 1.165) is 21.7 Å². The third-order valence-electron chi connectivity index (χ3n) is 4.71. The topological polar surface area (TPSA) is 138 Å². The number of amides is 1. The van der Waals surface area contributed by atoms with Gasteiger partial charge in [0.1, 0.15) is 6.54 Å². The van der Waals surface area contributed by atoms with Crippen molar-refractivity contribution in [3.63, 3.8) is 0 Å². The molecule has 0 spiro atoms. The zero-order chi connectivity index (χ0) is 24.2. The number of nitrogens with one attached hydrogen (secondary N) is 2. The maximum Gasteiger partial charge on any atom is 0.264 e. The number of aromatic nitrogens is 2. The first kappa shape index (κ1) is 24.1. The standard InChI is InChI=1S/C21H23N5O5S2/c1-15-5-8-18(13-16(15)2)26(32(3,28)29)14-20(27)24-17-6-9-19(10-7-17)33(30,31)25-21-22-11-4-12-23-21/h4-13H,14H2,1-3H3,(H,24,27)(H,22,23,25). The minimum atomic E-state index is -3.92. The van der Waals surface area contributed by atoms with Crippen molar-refractivity contribution in [2.75, 3.05) is 27.1 Å². The molecule has 0 saturated heterocycles. The number of carbonyl (C=O) groups is 1. The van der Waals surface area contributed by atoms with Crippen LogP contribution < -0.4 is 14.3 Å². The minimum absolute atomic E-state index is 0.0548. The smallest absolute Gasteiger partial charge is 0.264 e. The van der Waals surface area contributed by atoms with Crippen molar-refractivity contribution < 1.29 is 21.6 Å². The van der Waals surface area contributed by atoms with Gasteiger partial charge in [-0.3, -0.25) is 9.10 Å². The Bertz CT molecular complexity index is 1360. The van der Waals surface area contributed by atoms with Gasteiger partial charge in [0.05, 0.1) is 16.8 Å². The van der Waals surface area contributed by atoms with Crippen molar-refractivity contribution in [3.05, 3.63) is 72.1 Å². The number of carbonyl (C=O) groups excluding carboxylic acids is 1. The van der Waals surface area contributed by atoms with Crippen molar-refractivity contribution in [1.29, 1.82) is 0 Å². The van der Waals surface area contributed by atoms with Crippen molar-refractivity contribution >= 4 is 43.3 Å². The summed E-state index contributed by atoms with van der Waals surface area (Å²) in [4.78, 5) is 20.1. The van der Waals surface area contributed by atoms with E-state index in [0.29, 0.717) is 11.4 Å². The molecule has 3 rings (SSSR count). The minimum Gasteiger partial charge on any atom is -0.325 e. The van der Waals surface area contributed by atoms with Crippen LogP contribution in [-0.2, 0) is 24.8 Å². The van der Waals surface area contributed by atoms with Crippen LogP contribution >= 0.6 is 0 Å². The first-order valence-corrected chi connectivity index (χ1v) is 13.0. The molecule has 1 heterocycles. The molecule has 3 aromatic rings. The molecule has 0 aliphatic rings. The molecule has 33 heavy (non-hydrogen) atoms. The third kappa shape index (κ3) is 6.26. The van der Waals surface area contributed by atoms with Gasteiger partial charge >= 0.3 is 0 Å². The van der Waals surface area contributed by atoms with Crippen LogP contribution in [-0.4, -0.2) is 45.5 Å². The van der Waals surface area contributed by atoms with Gasteiger partial charge in [0, 0.05) is 18.1 Å². The van der Waals surface area contributed by atoms with E-state index in [2.05, 4.69) is 20.0 Å². The highest BCUT2D eigenvalue weighted by atomic mass is 32.2. The average molecular weight is 490 g/mol. The van der Waals surface area contributed by atoms with Crippen LogP contribution in [0.4, 0.5) is 17.3 Å². The van der Waals surface area contributed by atoms with Crippen molar-refractivity contribution in [2.45, 2.75) is 18.7 Å². The second kappa shape index (κ2) is 9.55. The first-order chi connectivity index (χ1) is 15.5. The second-order valence-corrected chi connectivity index (χ2v) is 10.9. The average Bonchev–Trinajstić information content (AvgIpc) is 2.74. The molecule has 0 atom stereocenters. The number of sulfonamides is 2. The molecule has 0 unspecified atom stereocenters. The Morgan fingerprint density at radius 3 is 2.15 bits per heavy atom. The van der Waals surface area contributed by atoms with Crippen LogP contribution in [0.1, 0.15) is 11.1 Å². The third-order valence-corrected chi connectivity index (χ3v) is 7.19. The molecule has 1 amide bonds. The molecular formula is C21H23N5O5S2. The van der Waals surface area contributed by atoms with Gasteiger partial charge in [-0.05, 0) is 67.4 Å². The molecule has 0 bridgehead atoms. The molecule has 2 aromatic carbocycles. The van der Waals surface area contributed by atoms with E-state index in [9.17, 15) is 21.6 Å². The highest BCUT2D eigenvalue weighted by Crippen LogP contribution is 2.22. The van der Waals surface area contributed by atoms with E-state index in [1.807, 2.05) is 13.8 Å². The lowest BCUT2D eigenvalue weighted by molar-refractivity contribution is -0.114. The number of anilines is 3.